The Balaban J connectivity index is 2.19. The van der Waals surface area contributed by atoms with Crippen LogP contribution in [-0.2, 0) is 0 Å². The Morgan fingerprint density at radius 3 is 2.53 bits per heavy atom. The zero-order chi connectivity index (χ0) is 13.4. The van der Waals surface area contributed by atoms with Crippen LogP contribution in [0.1, 0.15) is 0 Å². The number of halogens is 2. The number of nitrogens with zero attached hydrogens (tertiary/aromatic N) is 1. The quantitative estimate of drug-likeness (QED) is 0.741. The first kappa shape index (κ1) is 12.3. The largest absolute Gasteiger partial charge is 0.457 e. The lowest BCUT2D eigenvalue weighted by atomic mass is 10.0. The highest BCUT2D eigenvalue weighted by Gasteiger charge is 2.20. The van der Waals surface area contributed by atoms with Crippen molar-refractivity contribution in [1.29, 1.82) is 0 Å². The fourth-order valence-electron chi connectivity index (χ4n) is 1.85. The van der Waals surface area contributed by atoms with E-state index in [9.17, 15) is 0 Å². The molecule has 0 unspecified atom stereocenters. The number of furan rings is 1. The molecule has 0 saturated carbocycles. The average molecular weight is 340 g/mol. The van der Waals surface area contributed by atoms with Gasteiger partial charge in [0.25, 0.3) is 0 Å². The van der Waals surface area contributed by atoms with Crippen molar-refractivity contribution in [3.63, 3.8) is 0 Å². The second kappa shape index (κ2) is 4.75. The van der Waals surface area contributed by atoms with Crippen molar-refractivity contribution < 1.29 is 8.94 Å². The first-order valence-electron chi connectivity index (χ1n) is 5.41. The van der Waals surface area contributed by atoms with Crippen LogP contribution < -0.4 is 5.73 Å². The summed E-state index contributed by atoms with van der Waals surface area (Å²) in [4.78, 5) is 0. The molecule has 2 heterocycles. The van der Waals surface area contributed by atoms with Crippen LogP contribution >= 0.6 is 27.5 Å². The number of nitrogens with two attached hydrogens (primary N) is 1. The summed E-state index contributed by atoms with van der Waals surface area (Å²) in [7, 11) is 0. The molecule has 1 aromatic carbocycles. The Morgan fingerprint density at radius 1 is 1.16 bits per heavy atom. The molecule has 0 aliphatic carbocycles. The third kappa shape index (κ3) is 2.15. The van der Waals surface area contributed by atoms with Gasteiger partial charge in [0.2, 0.25) is 5.88 Å². The van der Waals surface area contributed by atoms with E-state index in [1.54, 1.807) is 24.5 Å². The van der Waals surface area contributed by atoms with Gasteiger partial charge >= 0.3 is 0 Å². The van der Waals surface area contributed by atoms with E-state index in [0.717, 1.165) is 16.7 Å². The summed E-state index contributed by atoms with van der Waals surface area (Å²) < 4.78 is 10.9. The minimum Gasteiger partial charge on any atom is -0.457 e. The molecule has 96 valence electrons. The maximum Gasteiger partial charge on any atom is 0.230 e. The fraction of sp³-hybridized carbons (Fsp3) is 0. The zero-order valence-corrected chi connectivity index (χ0v) is 11.9. The van der Waals surface area contributed by atoms with E-state index in [1.165, 1.54) is 0 Å². The van der Waals surface area contributed by atoms with Gasteiger partial charge in [0.05, 0.1) is 17.4 Å². The SMILES string of the molecule is Nc1onc(-c2ccoc2Br)c1-c1ccc(Cl)cc1. The maximum atomic E-state index is 5.88. The van der Waals surface area contributed by atoms with Gasteiger partial charge in [-0.05, 0) is 39.7 Å². The minimum absolute atomic E-state index is 0.255. The molecule has 0 fully saturated rings. The third-order valence-corrected chi connectivity index (χ3v) is 3.59. The summed E-state index contributed by atoms with van der Waals surface area (Å²) in [6.07, 6.45) is 1.57. The molecule has 3 rings (SSSR count). The van der Waals surface area contributed by atoms with E-state index >= 15 is 0 Å². The van der Waals surface area contributed by atoms with Gasteiger partial charge in [-0.1, -0.05) is 28.9 Å². The number of nitrogen functional groups attached to an aromatic ring is 1. The van der Waals surface area contributed by atoms with E-state index in [2.05, 4.69) is 21.1 Å². The average Bonchev–Trinajstić information content (AvgIpc) is 2.97. The molecule has 0 amide bonds. The Hall–Kier alpha value is -1.72. The first-order valence-corrected chi connectivity index (χ1v) is 6.58. The number of hydrogen-bond donors (Lipinski definition) is 1. The highest BCUT2D eigenvalue weighted by atomic mass is 79.9. The smallest absolute Gasteiger partial charge is 0.230 e. The minimum atomic E-state index is 0.255. The van der Waals surface area contributed by atoms with Crippen molar-refractivity contribution in [2.24, 2.45) is 0 Å². The number of benzene rings is 1. The summed E-state index contributed by atoms with van der Waals surface area (Å²) in [6.45, 7) is 0. The van der Waals surface area contributed by atoms with Crippen molar-refractivity contribution >= 4 is 33.4 Å². The van der Waals surface area contributed by atoms with Crippen LogP contribution in [0.2, 0.25) is 5.02 Å². The van der Waals surface area contributed by atoms with Gasteiger partial charge in [0.15, 0.2) is 4.67 Å². The number of rotatable bonds is 2. The molecule has 2 N–H and O–H groups in total. The van der Waals surface area contributed by atoms with Crippen LogP contribution in [-0.4, -0.2) is 5.16 Å². The molecule has 0 saturated heterocycles. The van der Waals surface area contributed by atoms with Crippen LogP contribution in [0.5, 0.6) is 0 Å². The Kier molecular flexibility index (Phi) is 3.08. The first-order chi connectivity index (χ1) is 9.16. The Labute approximate surface area is 122 Å². The molecule has 4 nitrogen and oxygen atoms in total. The summed E-state index contributed by atoms with van der Waals surface area (Å²) in [5.41, 5.74) is 8.87. The molecule has 3 aromatic rings. The Bertz CT molecular complexity index is 719. The standard InChI is InChI=1S/C13H8BrClN2O2/c14-12-9(5-6-18-12)11-10(13(16)19-17-11)7-1-3-8(15)4-2-7/h1-6H,16H2. The molecule has 0 aliphatic heterocycles. The molecule has 2 aromatic heterocycles. The van der Waals surface area contributed by atoms with Crippen molar-refractivity contribution in [2.75, 3.05) is 5.73 Å². The van der Waals surface area contributed by atoms with Crippen LogP contribution in [0.25, 0.3) is 22.4 Å². The highest BCUT2D eigenvalue weighted by molar-refractivity contribution is 9.10. The van der Waals surface area contributed by atoms with E-state index in [-0.39, 0.29) is 5.88 Å². The molecule has 6 heteroatoms. The molecular formula is C13H8BrClN2O2. The molecule has 0 spiro atoms. The molecule has 0 aliphatic rings. The predicted octanol–water partition coefficient (Wildman–Crippen LogP) is 4.60. The van der Waals surface area contributed by atoms with Gasteiger partial charge in [-0.3, -0.25) is 0 Å². The van der Waals surface area contributed by atoms with Crippen LogP contribution in [0.4, 0.5) is 5.88 Å². The molecule has 0 radical (unpaired) electrons. The Morgan fingerprint density at radius 2 is 1.89 bits per heavy atom. The van der Waals surface area contributed by atoms with Gasteiger partial charge in [0, 0.05) is 5.02 Å². The predicted molar refractivity (Wildman–Crippen MR) is 76.8 cm³/mol. The van der Waals surface area contributed by atoms with Crippen LogP contribution in [0.15, 0.2) is 50.2 Å². The van der Waals surface area contributed by atoms with E-state index in [1.807, 2.05) is 12.1 Å². The highest BCUT2D eigenvalue weighted by Crippen LogP contribution is 2.39. The summed E-state index contributed by atoms with van der Waals surface area (Å²) in [6, 6.07) is 9.10. The molecular weight excluding hydrogens is 332 g/mol. The second-order valence-corrected chi connectivity index (χ2v) is 5.04. The van der Waals surface area contributed by atoms with Gasteiger partial charge in [-0.2, -0.15) is 0 Å². The van der Waals surface area contributed by atoms with Crippen LogP contribution in [0.3, 0.4) is 0 Å². The van der Waals surface area contributed by atoms with Gasteiger partial charge in [-0.15, -0.1) is 0 Å². The lowest BCUT2D eigenvalue weighted by Gasteiger charge is -2.01. The zero-order valence-electron chi connectivity index (χ0n) is 9.56. The van der Waals surface area contributed by atoms with Gasteiger partial charge < -0.3 is 14.7 Å². The second-order valence-electron chi connectivity index (χ2n) is 3.89. The van der Waals surface area contributed by atoms with Crippen molar-refractivity contribution in [3.8, 4) is 22.4 Å². The normalized spacial score (nSPS) is 10.8. The van der Waals surface area contributed by atoms with Gasteiger partial charge in [0.1, 0.15) is 5.69 Å². The summed E-state index contributed by atoms with van der Waals surface area (Å²) in [5, 5.41) is 4.65. The maximum absolute atomic E-state index is 5.88. The lowest BCUT2D eigenvalue weighted by Crippen LogP contribution is -1.87. The van der Waals surface area contributed by atoms with E-state index in [0.29, 0.717) is 15.4 Å². The topological polar surface area (TPSA) is 65.2 Å². The monoisotopic (exact) mass is 338 g/mol. The van der Waals surface area contributed by atoms with E-state index in [4.69, 9.17) is 26.3 Å². The van der Waals surface area contributed by atoms with Crippen molar-refractivity contribution in [1.82, 2.24) is 5.16 Å². The van der Waals surface area contributed by atoms with Crippen molar-refractivity contribution in [2.45, 2.75) is 0 Å². The molecule has 19 heavy (non-hydrogen) atoms. The summed E-state index contributed by atoms with van der Waals surface area (Å²) in [5.74, 6) is 0.255. The lowest BCUT2D eigenvalue weighted by molar-refractivity contribution is 0.439. The van der Waals surface area contributed by atoms with Crippen molar-refractivity contribution in [3.05, 3.63) is 46.3 Å². The van der Waals surface area contributed by atoms with Gasteiger partial charge in [-0.25, -0.2) is 0 Å². The number of anilines is 1. The summed E-state index contributed by atoms with van der Waals surface area (Å²) >= 11 is 9.20. The molecule has 0 atom stereocenters. The third-order valence-electron chi connectivity index (χ3n) is 2.72. The number of hydrogen-bond acceptors (Lipinski definition) is 4. The fourth-order valence-corrected chi connectivity index (χ4v) is 2.40. The number of aromatic nitrogens is 1. The van der Waals surface area contributed by atoms with Crippen LogP contribution in [0, 0.1) is 0 Å². The molecule has 0 bridgehead atoms. The van der Waals surface area contributed by atoms with E-state index < -0.39 is 0 Å².